The fourth-order valence-electron chi connectivity index (χ4n) is 3.96. The Morgan fingerprint density at radius 1 is 0.943 bits per heavy atom. The Hall–Kier alpha value is -4.00. The smallest absolute Gasteiger partial charge is 0.224 e. The number of hydrogen-bond acceptors (Lipinski definition) is 5. The van der Waals surface area contributed by atoms with Gasteiger partial charge in [0.05, 0.1) is 37.7 Å². The van der Waals surface area contributed by atoms with E-state index in [1.54, 1.807) is 7.11 Å². The molecule has 0 aliphatic carbocycles. The maximum Gasteiger partial charge on any atom is 0.224 e. The van der Waals surface area contributed by atoms with Crippen LogP contribution in [0.3, 0.4) is 0 Å². The molecule has 182 valence electrons. The van der Waals surface area contributed by atoms with Crippen LogP contribution in [0.25, 0.3) is 11.0 Å². The number of nitrogens with one attached hydrogen (secondary N) is 1. The lowest BCUT2D eigenvalue weighted by molar-refractivity contribution is -0.120. The number of nitrogens with zero attached hydrogens (tertiary/aromatic N) is 2. The van der Waals surface area contributed by atoms with Gasteiger partial charge in [0.2, 0.25) is 5.91 Å². The van der Waals surface area contributed by atoms with Gasteiger partial charge in [-0.2, -0.15) is 0 Å². The van der Waals surface area contributed by atoms with Crippen LogP contribution >= 0.6 is 0 Å². The standard InChI is InChI=1S/C28H31N3O4/c1-3-34-25-10-6-7-11-26(25)35-19-18-31-24-9-5-4-8-23(24)30-27(31)16-17-29-28(32)20-21-12-14-22(33-2)15-13-21/h4-15H,3,16-20H2,1-2H3,(H,29,32). The minimum absolute atomic E-state index is 0.0197. The highest BCUT2D eigenvalue weighted by molar-refractivity contribution is 5.78. The van der Waals surface area contributed by atoms with E-state index in [0.29, 0.717) is 39.1 Å². The van der Waals surface area contributed by atoms with Gasteiger partial charge in [-0.1, -0.05) is 36.4 Å². The van der Waals surface area contributed by atoms with Crippen molar-refractivity contribution in [2.75, 3.05) is 26.9 Å². The van der Waals surface area contributed by atoms with Crippen molar-refractivity contribution in [3.05, 3.63) is 84.2 Å². The average molecular weight is 474 g/mol. The molecule has 0 radical (unpaired) electrons. The van der Waals surface area contributed by atoms with Crippen LogP contribution in [-0.4, -0.2) is 42.3 Å². The van der Waals surface area contributed by atoms with E-state index >= 15 is 0 Å². The van der Waals surface area contributed by atoms with Crippen molar-refractivity contribution in [1.82, 2.24) is 14.9 Å². The van der Waals surface area contributed by atoms with E-state index in [1.807, 2.05) is 73.7 Å². The Balaban J connectivity index is 1.37. The number of imidazole rings is 1. The molecular formula is C28H31N3O4. The number of carbonyl (C=O) groups excluding carboxylic acids is 1. The highest BCUT2D eigenvalue weighted by atomic mass is 16.5. The molecule has 35 heavy (non-hydrogen) atoms. The predicted octanol–water partition coefficient (Wildman–Crippen LogP) is 4.42. The van der Waals surface area contributed by atoms with Crippen LogP contribution in [0.15, 0.2) is 72.8 Å². The highest BCUT2D eigenvalue weighted by Crippen LogP contribution is 2.26. The Labute approximate surface area is 205 Å². The molecule has 1 heterocycles. The predicted molar refractivity (Wildman–Crippen MR) is 136 cm³/mol. The zero-order valence-electron chi connectivity index (χ0n) is 20.2. The maximum atomic E-state index is 12.4. The molecule has 0 atom stereocenters. The molecular weight excluding hydrogens is 442 g/mol. The number of carbonyl (C=O) groups is 1. The van der Waals surface area contributed by atoms with Crippen molar-refractivity contribution in [1.29, 1.82) is 0 Å². The summed E-state index contributed by atoms with van der Waals surface area (Å²) in [6.07, 6.45) is 0.950. The van der Waals surface area contributed by atoms with E-state index in [1.165, 1.54) is 0 Å². The highest BCUT2D eigenvalue weighted by Gasteiger charge is 2.12. The topological polar surface area (TPSA) is 74.6 Å². The third kappa shape index (κ3) is 6.32. The molecule has 1 N–H and O–H groups in total. The summed E-state index contributed by atoms with van der Waals surface area (Å²) in [7, 11) is 1.63. The van der Waals surface area contributed by atoms with E-state index in [0.717, 1.165) is 39.7 Å². The molecule has 0 aliphatic heterocycles. The molecule has 0 unspecified atom stereocenters. The first-order valence-electron chi connectivity index (χ1n) is 11.9. The lowest BCUT2D eigenvalue weighted by Crippen LogP contribution is -2.28. The quantitative estimate of drug-likeness (QED) is 0.330. The molecule has 4 rings (SSSR count). The second kappa shape index (κ2) is 11.9. The molecule has 0 spiro atoms. The number of methoxy groups -OCH3 is 1. The summed E-state index contributed by atoms with van der Waals surface area (Å²) in [6.45, 7) is 4.15. The number of amides is 1. The maximum absolute atomic E-state index is 12.4. The van der Waals surface area contributed by atoms with Gasteiger partial charge in [0.1, 0.15) is 18.2 Å². The van der Waals surface area contributed by atoms with E-state index < -0.39 is 0 Å². The minimum Gasteiger partial charge on any atom is -0.497 e. The SMILES string of the molecule is CCOc1ccccc1OCCn1c(CCNC(=O)Cc2ccc(OC)cc2)nc2ccccc21. The molecule has 7 heteroatoms. The molecule has 4 aromatic rings. The molecule has 0 saturated heterocycles. The van der Waals surface area contributed by atoms with E-state index in [9.17, 15) is 4.79 Å². The van der Waals surface area contributed by atoms with Crippen LogP contribution in [-0.2, 0) is 24.2 Å². The summed E-state index contributed by atoms with van der Waals surface area (Å²) >= 11 is 0. The molecule has 1 amide bonds. The van der Waals surface area contributed by atoms with Gasteiger partial charge in [0.15, 0.2) is 11.5 Å². The van der Waals surface area contributed by atoms with Gasteiger partial charge in [-0.25, -0.2) is 4.98 Å². The first-order valence-corrected chi connectivity index (χ1v) is 11.9. The van der Waals surface area contributed by atoms with Crippen LogP contribution in [0, 0.1) is 0 Å². The number of rotatable bonds is 12. The summed E-state index contributed by atoms with van der Waals surface area (Å²) in [5.74, 6) is 3.14. The van der Waals surface area contributed by atoms with Gasteiger partial charge in [0, 0.05) is 13.0 Å². The lowest BCUT2D eigenvalue weighted by atomic mass is 10.1. The average Bonchev–Trinajstić information content (AvgIpc) is 3.23. The van der Waals surface area contributed by atoms with Crippen LogP contribution in [0.2, 0.25) is 0 Å². The summed E-state index contributed by atoms with van der Waals surface area (Å²) in [6, 6.07) is 23.3. The summed E-state index contributed by atoms with van der Waals surface area (Å²) < 4.78 is 19.0. The monoisotopic (exact) mass is 473 g/mol. The number of benzene rings is 3. The first kappa shape index (κ1) is 24.1. The van der Waals surface area contributed by atoms with Crippen LogP contribution in [0.1, 0.15) is 18.3 Å². The zero-order valence-corrected chi connectivity index (χ0v) is 20.2. The second-order valence-electron chi connectivity index (χ2n) is 8.02. The molecule has 7 nitrogen and oxygen atoms in total. The number of aromatic nitrogens is 2. The van der Waals surface area contributed by atoms with E-state index in [-0.39, 0.29) is 5.91 Å². The Kier molecular flexibility index (Phi) is 8.22. The summed E-state index contributed by atoms with van der Waals surface area (Å²) in [5.41, 5.74) is 2.93. The zero-order chi connectivity index (χ0) is 24.5. The van der Waals surface area contributed by atoms with E-state index in [2.05, 4.69) is 16.0 Å². The summed E-state index contributed by atoms with van der Waals surface area (Å²) in [4.78, 5) is 17.2. The largest absolute Gasteiger partial charge is 0.497 e. The number of ether oxygens (including phenoxy) is 3. The van der Waals surface area contributed by atoms with E-state index in [4.69, 9.17) is 19.2 Å². The normalized spacial score (nSPS) is 10.8. The third-order valence-corrected chi connectivity index (χ3v) is 5.65. The number of para-hydroxylation sites is 4. The number of hydrogen-bond donors (Lipinski definition) is 1. The molecule has 0 saturated carbocycles. The minimum atomic E-state index is -0.0197. The Bertz CT molecular complexity index is 1250. The Morgan fingerprint density at radius 2 is 1.66 bits per heavy atom. The summed E-state index contributed by atoms with van der Waals surface area (Å²) in [5, 5.41) is 3.01. The molecule has 1 aromatic heterocycles. The first-order chi connectivity index (χ1) is 17.2. The molecule has 0 bridgehead atoms. The van der Waals surface area contributed by atoms with Crippen molar-refractivity contribution in [3.8, 4) is 17.2 Å². The van der Waals surface area contributed by atoms with Gasteiger partial charge < -0.3 is 24.1 Å². The van der Waals surface area contributed by atoms with Gasteiger partial charge in [-0.3, -0.25) is 4.79 Å². The molecule has 0 aliphatic rings. The van der Waals surface area contributed by atoms with Crippen molar-refractivity contribution < 1.29 is 19.0 Å². The van der Waals surface area contributed by atoms with Gasteiger partial charge in [0.25, 0.3) is 0 Å². The van der Waals surface area contributed by atoms with Crippen molar-refractivity contribution in [2.45, 2.75) is 26.3 Å². The Morgan fingerprint density at radius 3 is 2.40 bits per heavy atom. The van der Waals surface area contributed by atoms with Gasteiger partial charge >= 0.3 is 0 Å². The van der Waals surface area contributed by atoms with Gasteiger partial charge in [-0.05, 0) is 48.9 Å². The fourth-order valence-corrected chi connectivity index (χ4v) is 3.96. The van der Waals surface area contributed by atoms with Crippen molar-refractivity contribution >= 4 is 16.9 Å². The van der Waals surface area contributed by atoms with Gasteiger partial charge in [-0.15, -0.1) is 0 Å². The van der Waals surface area contributed by atoms with Crippen LogP contribution in [0.5, 0.6) is 17.2 Å². The lowest BCUT2D eigenvalue weighted by Gasteiger charge is -2.14. The molecule has 0 fully saturated rings. The fraction of sp³-hybridized carbons (Fsp3) is 0.286. The van der Waals surface area contributed by atoms with Crippen LogP contribution < -0.4 is 19.5 Å². The molecule has 3 aromatic carbocycles. The number of fused-ring (bicyclic) bond motifs is 1. The second-order valence-corrected chi connectivity index (χ2v) is 8.02. The van der Waals surface area contributed by atoms with Crippen molar-refractivity contribution in [3.63, 3.8) is 0 Å². The third-order valence-electron chi connectivity index (χ3n) is 5.65. The van der Waals surface area contributed by atoms with Crippen molar-refractivity contribution in [2.24, 2.45) is 0 Å². The van der Waals surface area contributed by atoms with Crippen LogP contribution in [0.4, 0.5) is 0 Å².